The van der Waals surface area contributed by atoms with Gasteiger partial charge in [0, 0.05) is 22.3 Å². The highest BCUT2D eigenvalue weighted by molar-refractivity contribution is 6.10. The molecule has 0 aliphatic rings. The van der Waals surface area contributed by atoms with Gasteiger partial charge in [-0.2, -0.15) is 0 Å². The van der Waals surface area contributed by atoms with Crippen molar-refractivity contribution in [3.05, 3.63) is 130 Å². The SMILES string of the molecule is CCOC(=O)NC(COc1ccc(C(=O)c2ccccc2C)cc1)Oc1ccc(C(=O)c2ccccc2C)cc1. The molecule has 7 heteroatoms. The molecule has 0 radical (unpaired) electrons. The molecule has 7 nitrogen and oxygen atoms in total. The average molecular weight is 538 g/mol. The second-order valence-corrected chi connectivity index (χ2v) is 9.12. The Morgan fingerprint density at radius 3 is 1.62 bits per heavy atom. The summed E-state index contributed by atoms with van der Waals surface area (Å²) in [5.74, 6) is 0.781. The third-order valence-electron chi connectivity index (χ3n) is 6.25. The largest absolute Gasteiger partial charge is 0.488 e. The minimum absolute atomic E-state index is 0.0339. The van der Waals surface area contributed by atoms with Gasteiger partial charge in [0.15, 0.2) is 11.6 Å². The molecule has 0 aromatic heterocycles. The standard InChI is InChI=1S/C33H31NO6/c1-4-38-33(37)34-30(40-27-19-15-25(16-20-27)32(36)29-12-8-6-10-23(29)3)21-39-26-17-13-24(14-18-26)31(35)28-11-7-5-9-22(28)2/h5-20,30H,4,21H2,1-3H3,(H,34,37). The summed E-state index contributed by atoms with van der Waals surface area (Å²) < 4.78 is 16.8. The van der Waals surface area contributed by atoms with Gasteiger partial charge in [-0.25, -0.2) is 4.79 Å². The van der Waals surface area contributed by atoms with E-state index in [9.17, 15) is 14.4 Å². The monoisotopic (exact) mass is 537 g/mol. The van der Waals surface area contributed by atoms with Gasteiger partial charge >= 0.3 is 6.09 Å². The second-order valence-electron chi connectivity index (χ2n) is 9.12. The molecular weight excluding hydrogens is 506 g/mol. The summed E-state index contributed by atoms with van der Waals surface area (Å²) in [6, 6.07) is 28.3. The third-order valence-corrected chi connectivity index (χ3v) is 6.25. The second kappa shape index (κ2) is 13.2. The highest BCUT2D eigenvalue weighted by Gasteiger charge is 2.18. The van der Waals surface area contributed by atoms with Crippen LogP contribution in [0.4, 0.5) is 4.79 Å². The molecule has 0 aliphatic carbocycles. The first kappa shape index (κ1) is 28.1. The van der Waals surface area contributed by atoms with Crippen LogP contribution < -0.4 is 14.8 Å². The van der Waals surface area contributed by atoms with E-state index in [1.54, 1.807) is 67.6 Å². The van der Waals surface area contributed by atoms with Crippen LogP contribution in [0.3, 0.4) is 0 Å². The van der Waals surface area contributed by atoms with E-state index in [0.29, 0.717) is 33.8 Å². The maximum atomic E-state index is 12.9. The van der Waals surface area contributed by atoms with Gasteiger partial charge in [-0.3, -0.25) is 14.9 Å². The molecule has 1 unspecified atom stereocenters. The van der Waals surface area contributed by atoms with Crippen LogP contribution in [0.15, 0.2) is 97.1 Å². The number of nitrogens with one attached hydrogen (secondary N) is 1. The predicted octanol–water partition coefficient (Wildman–Crippen LogP) is 6.30. The number of aryl methyl sites for hydroxylation is 2. The molecule has 0 bridgehead atoms. The lowest BCUT2D eigenvalue weighted by Gasteiger charge is -2.21. The van der Waals surface area contributed by atoms with E-state index < -0.39 is 12.3 Å². The van der Waals surface area contributed by atoms with Gasteiger partial charge in [-0.15, -0.1) is 0 Å². The zero-order valence-corrected chi connectivity index (χ0v) is 22.7. The smallest absolute Gasteiger partial charge is 0.410 e. The molecule has 0 spiro atoms. The summed E-state index contributed by atoms with van der Waals surface area (Å²) >= 11 is 0. The van der Waals surface area contributed by atoms with Crippen LogP contribution in [0, 0.1) is 13.8 Å². The molecule has 4 rings (SSSR count). The van der Waals surface area contributed by atoms with Gasteiger partial charge < -0.3 is 14.2 Å². The molecule has 0 heterocycles. The highest BCUT2D eigenvalue weighted by atomic mass is 16.6. The number of carbonyl (C=O) groups is 3. The van der Waals surface area contributed by atoms with Gasteiger partial charge in [0.05, 0.1) is 6.61 Å². The zero-order chi connectivity index (χ0) is 28.5. The van der Waals surface area contributed by atoms with Crippen LogP contribution in [0.1, 0.15) is 49.9 Å². The molecule has 204 valence electrons. The molecule has 4 aromatic carbocycles. The van der Waals surface area contributed by atoms with Gasteiger partial charge in [-0.05, 0) is 80.4 Å². The van der Waals surface area contributed by atoms with Crippen molar-refractivity contribution in [2.75, 3.05) is 13.2 Å². The first-order valence-electron chi connectivity index (χ1n) is 13.0. The van der Waals surface area contributed by atoms with Crippen molar-refractivity contribution >= 4 is 17.7 Å². The minimum Gasteiger partial charge on any atom is -0.488 e. The van der Waals surface area contributed by atoms with Gasteiger partial charge in [0.1, 0.15) is 18.1 Å². The fourth-order valence-corrected chi connectivity index (χ4v) is 4.10. The van der Waals surface area contributed by atoms with Crippen molar-refractivity contribution in [1.82, 2.24) is 5.32 Å². The first-order chi connectivity index (χ1) is 19.4. The minimum atomic E-state index is -0.884. The molecule has 0 aliphatic heterocycles. The average Bonchev–Trinajstić information content (AvgIpc) is 2.96. The molecule has 4 aromatic rings. The Labute approximate surface area is 233 Å². The van der Waals surface area contributed by atoms with Crippen molar-refractivity contribution in [1.29, 1.82) is 0 Å². The van der Waals surface area contributed by atoms with E-state index >= 15 is 0 Å². The summed E-state index contributed by atoms with van der Waals surface area (Å²) in [6.07, 6.45) is -1.54. The van der Waals surface area contributed by atoms with E-state index in [4.69, 9.17) is 14.2 Å². The Balaban J connectivity index is 1.42. The lowest BCUT2D eigenvalue weighted by atomic mass is 9.99. The molecule has 40 heavy (non-hydrogen) atoms. The number of ketones is 2. The van der Waals surface area contributed by atoms with Crippen LogP contribution in [-0.4, -0.2) is 37.1 Å². The number of amides is 1. The Kier molecular flexibility index (Phi) is 9.31. The number of alkyl carbamates (subject to hydrolysis) is 1. The van der Waals surface area contributed by atoms with Crippen LogP contribution in [0.25, 0.3) is 0 Å². The number of ether oxygens (including phenoxy) is 3. The number of benzene rings is 4. The molecule has 1 atom stereocenters. The Hall–Kier alpha value is -4.91. The Bertz CT molecular complexity index is 1480. The van der Waals surface area contributed by atoms with Crippen molar-refractivity contribution in [3.63, 3.8) is 0 Å². The van der Waals surface area contributed by atoms with E-state index in [1.807, 2.05) is 50.2 Å². The van der Waals surface area contributed by atoms with Crippen molar-refractivity contribution in [2.24, 2.45) is 0 Å². The zero-order valence-electron chi connectivity index (χ0n) is 22.7. The molecule has 1 amide bonds. The summed E-state index contributed by atoms with van der Waals surface area (Å²) in [5, 5.41) is 2.64. The molecule has 0 saturated heterocycles. The molecule has 1 N–H and O–H groups in total. The number of hydrogen-bond acceptors (Lipinski definition) is 6. The fourth-order valence-electron chi connectivity index (χ4n) is 4.10. The van der Waals surface area contributed by atoms with Crippen LogP contribution >= 0.6 is 0 Å². The van der Waals surface area contributed by atoms with Gasteiger partial charge in [0.25, 0.3) is 0 Å². The Morgan fingerprint density at radius 1 is 0.675 bits per heavy atom. The van der Waals surface area contributed by atoms with Crippen molar-refractivity contribution in [2.45, 2.75) is 27.0 Å². The predicted molar refractivity (Wildman–Crippen MR) is 152 cm³/mol. The van der Waals surface area contributed by atoms with Crippen molar-refractivity contribution in [3.8, 4) is 11.5 Å². The van der Waals surface area contributed by atoms with Gasteiger partial charge in [-0.1, -0.05) is 48.5 Å². The fraction of sp³-hybridized carbons (Fsp3) is 0.182. The topological polar surface area (TPSA) is 90.9 Å². The van der Waals surface area contributed by atoms with E-state index in [1.165, 1.54) is 0 Å². The summed E-state index contributed by atoms with van der Waals surface area (Å²) in [5.41, 5.74) is 4.15. The van der Waals surface area contributed by atoms with Gasteiger partial charge in [0.2, 0.25) is 6.23 Å². The maximum absolute atomic E-state index is 12.9. The van der Waals surface area contributed by atoms with E-state index in [0.717, 1.165) is 11.1 Å². The summed E-state index contributed by atoms with van der Waals surface area (Å²) in [4.78, 5) is 37.9. The molecular formula is C33H31NO6. The third kappa shape index (κ3) is 7.14. The number of rotatable bonds is 11. The maximum Gasteiger partial charge on any atom is 0.410 e. The van der Waals surface area contributed by atoms with Crippen LogP contribution in [-0.2, 0) is 4.74 Å². The molecule has 0 fully saturated rings. The number of hydrogen-bond donors (Lipinski definition) is 1. The quantitative estimate of drug-likeness (QED) is 0.178. The van der Waals surface area contributed by atoms with Crippen LogP contribution in [0.2, 0.25) is 0 Å². The lowest BCUT2D eigenvalue weighted by Crippen LogP contribution is -2.43. The normalized spacial score (nSPS) is 11.3. The van der Waals surface area contributed by atoms with Crippen molar-refractivity contribution < 1.29 is 28.6 Å². The summed E-state index contributed by atoms with van der Waals surface area (Å²) in [6.45, 7) is 5.66. The number of carbonyl (C=O) groups excluding carboxylic acids is 3. The lowest BCUT2D eigenvalue weighted by molar-refractivity contribution is 0.0824. The highest BCUT2D eigenvalue weighted by Crippen LogP contribution is 2.20. The van der Waals surface area contributed by atoms with E-state index in [-0.39, 0.29) is 24.8 Å². The first-order valence-corrected chi connectivity index (χ1v) is 13.0. The Morgan fingerprint density at radius 2 is 1.15 bits per heavy atom. The van der Waals surface area contributed by atoms with E-state index in [2.05, 4.69) is 5.32 Å². The molecule has 0 saturated carbocycles. The summed E-state index contributed by atoms with van der Waals surface area (Å²) in [7, 11) is 0. The van der Waals surface area contributed by atoms with Crippen LogP contribution in [0.5, 0.6) is 11.5 Å².